The standard InChI is InChI=1S/C42H50Si/c1-29-19-30(2)22-37(21-29)43(38-23-31(3)20-32(4)24-38,40-18-14-17-34(40)25-33-15-12-11-13-16-33)39-27-35(41(5,6)7)26-36(28-39)42(8,9)10/h11-13,15-24,26-28H,14,25H2,1-10H3. The van der Waals surface area contributed by atoms with Crippen LogP contribution in [-0.4, -0.2) is 8.07 Å². The summed E-state index contributed by atoms with van der Waals surface area (Å²) in [6.45, 7) is 23.3. The number of rotatable bonds is 6. The van der Waals surface area contributed by atoms with Crippen LogP contribution < -0.4 is 15.6 Å². The molecule has 5 rings (SSSR count). The Morgan fingerprint density at radius 2 is 0.977 bits per heavy atom. The first-order valence-electron chi connectivity index (χ1n) is 16.0. The minimum absolute atomic E-state index is 0.0357. The van der Waals surface area contributed by atoms with Crippen molar-refractivity contribution in [3.8, 4) is 0 Å². The molecule has 0 heterocycles. The van der Waals surface area contributed by atoms with Crippen LogP contribution in [0.4, 0.5) is 0 Å². The first kappa shape index (κ1) is 31.0. The minimum Gasteiger partial charge on any atom is -0.0801 e. The molecular formula is C42H50Si. The Hall–Kier alpha value is -3.42. The van der Waals surface area contributed by atoms with Gasteiger partial charge in [-0.3, -0.25) is 0 Å². The van der Waals surface area contributed by atoms with Gasteiger partial charge in [-0.15, -0.1) is 0 Å². The fourth-order valence-electron chi connectivity index (χ4n) is 7.00. The smallest absolute Gasteiger partial charge is 0.0801 e. The van der Waals surface area contributed by atoms with Crippen molar-refractivity contribution in [3.05, 3.63) is 147 Å². The van der Waals surface area contributed by atoms with E-state index in [2.05, 4.69) is 166 Å². The lowest BCUT2D eigenvalue weighted by Gasteiger charge is -2.39. The number of aryl methyl sites for hydroxylation is 4. The highest BCUT2D eigenvalue weighted by atomic mass is 28.3. The molecule has 0 unspecified atom stereocenters. The molecule has 4 aromatic carbocycles. The summed E-state index contributed by atoms with van der Waals surface area (Å²) in [6.07, 6.45) is 7.04. The van der Waals surface area contributed by atoms with E-state index in [1.165, 1.54) is 60.1 Å². The Morgan fingerprint density at radius 1 is 0.535 bits per heavy atom. The van der Waals surface area contributed by atoms with Crippen LogP contribution in [0, 0.1) is 27.7 Å². The van der Waals surface area contributed by atoms with Gasteiger partial charge in [0.25, 0.3) is 0 Å². The Bertz CT molecular complexity index is 1580. The molecule has 0 aromatic heterocycles. The van der Waals surface area contributed by atoms with Crippen LogP contribution in [-0.2, 0) is 17.3 Å². The van der Waals surface area contributed by atoms with Crippen molar-refractivity contribution < 1.29 is 0 Å². The molecule has 0 saturated carbocycles. The van der Waals surface area contributed by atoms with Gasteiger partial charge in [-0.05, 0) is 94.4 Å². The second kappa shape index (κ2) is 11.6. The van der Waals surface area contributed by atoms with Crippen molar-refractivity contribution in [1.29, 1.82) is 0 Å². The molecule has 43 heavy (non-hydrogen) atoms. The highest BCUT2D eigenvalue weighted by Crippen LogP contribution is 2.35. The highest BCUT2D eigenvalue weighted by molar-refractivity contribution is 7.16. The molecule has 0 nitrogen and oxygen atoms in total. The summed E-state index contributed by atoms with van der Waals surface area (Å²) in [5.74, 6) is 0. The third-order valence-corrected chi connectivity index (χ3v) is 13.9. The summed E-state index contributed by atoms with van der Waals surface area (Å²) in [5, 5.41) is 6.06. The first-order chi connectivity index (χ1) is 20.2. The van der Waals surface area contributed by atoms with Crippen LogP contribution in [0.25, 0.3) is 0 Å². The zero-order valence-electron chi connectivity index (χ0n) is 28.2. The summed E-state index contributed by atoms with van der Waals surface area (Å²) < 4.78 is 0. The molecule has 0 atom stereocenters. The SMILES string of the molecule is Cc1cc(C)cc([Si](C2=CCC=C2Cc2ccccc2)(c2cc(C)cc(C)c2)c2cc(C(C)(C)C)cc(C(C)(C)C)c2)c1. The second-order valence-corrected chi connectivity index (χ2v) is 18.8. The lowest BCUT2D eigenvalue weighted by atomic mass is 9.81. The average molecular weight is 583 g/mol. The van der Waals surface area contributed by atoms with E-state index in [0.717, 1.165) is 12.8 Å². The van der Waals surface area contributed by atoms with E-state index in [1.54, 1.807) is 5.20 Å². The lowest BCUT2D eigenvalue weighted by Crippen LogP contribution is -2.69. The molecule has 0 aliphatic heterocycles. The van der Waals surface area contributed by atoms with Crippen molar-refractivity contribution in [2.75, 3.05) is 0 Å². The third-order valence-electron chi connectivity index (χ3n) is 9.08. The van der Waals surface area contributed by atoms with Crippen LogP contribution in [0.3, 0.4) is 0 Å². The summed E-state index contributed by atoms with van der Waals surface area (Å²) in [7, 11) is -2.76. The van der Waals surface area contributed by atoms with Crippen molar-refractivity contribution in [2.45, 2.75) is 92.9 Å². The second-order valence-electron chi connectivity index (χ2n) is 15.0. The normalized spacial score (nSPS) is 14.1. The van der Waals surface area contributed by atoms with Gasteiger partial charge in [0.05, 0.1) is 0 Å². The van der Waals surface area contributed by atoms with Gasteiger partial charge in [0, 0.05) is 0 Å². The molecule has 0 amide bonds. The largest absolute Gasteiger partial charge is 0.179 e. The number of hydrogen-bond acceptors (Lipinski definition) is 0. The van der Waals surface area contributed by atoms with E-state index in [1.807, 2.05) is 0 Å². The predicted octanol–water partition coefficient (Wildman–Crippen LogP) is 9.02. The molecule has 0 fully saturated rings. The highest BCUT2D eigenvalue weighted by Gasteiger charge is 2.46. The number of hydrogen-bond donors (Lipinski definition) is 0. The molecular weight excluding hydrogens is 533 g/mol. The molecule has 1 heteroatoms. The van der Waals surface area contributed by atoms with E-state index in [0.29, 0.717) is 0 Å². The van der Waals surface area contributed by atoms with Crippen molar-refractivity contribution in [3.63, 3.8) is 0 Å². The van der Waals surface area contributed by atoms with Crippen molar-refractivity contribution in [2.24, 2.45) is 0 Å². The first-order valence-corrected chi connectivity index (χ1v) is 18.0. The molecule has 222 valence electrons. The Balaban J connectivity index is 1.95. The van der Waals surface area contributed by atoms with Gasteiger partial charge < -0.3 is 0 Å². The molecule has 0 radical (unpaired) electrons. The molecule has 0 bridgehead atoms. The minimum atomic E-state index is -2.76. The third kappa shape index (κ3) is 6.29. The molecule has 1 aliphatic carbocycles. The predicted molar refractivity (Wildman–Crippen MR) is 191 cm³/mol. The molecule has 0 spiro atoms. The quantitative estimate of drug-likeness (QED) is 0.157. The van der Waals surface area contributed by atoms with Gasteiger partial charge in [0.2, 0.25) is 0 Å². The van der Waals surface area contributed by atoms with Gasteiger partial charge in [-0.25, -0.2) is 0 Å². The zero-order valence-corrected chi connectivity index (χ0v) is 29.2. The van der Waals surface area contributed by atoms with E-state index in [4.69, 9.17) is 0 Å². The fraction of sp³-hybridized carbons (Fsp3) is 0.333. The topological polar surface area (TPSA) is 0 Å². The summed E-state index contributed by atoms with van der Waals surface area (Å²) >= 11 is 0. The summed E-state index contributed by atoms with van der Waals surface area (Å²) in [4.78, 5) is 0. The zero-order chi connectivity index (χ0) is 31.2. The van der Waals surface area contributed by atoms with Crippen LogP contribution in [0.2, 0.25) is 0 Å². The van der Waals surface area contributed by atoms with Gasteiger partial charge in [0.15, 0.2) is 8.07 Å². The van der Waals surface area contributed by atoms with Gasteiger partial charge in [0.1, 0.15) is 0 Å². The summed E-state index contributed by atoms with van der Waals surface area (Å²) in [6, 6.07) is 33.4. The molecule has 4 aromatic rings. The van der Waals surface area contributed by atoms with E-state index in [9.17, 15) is 0 Å². The Kier molecular flexibility index (Phi) is 8.35. The maximum absolute atomic E-state index is 2.76. The maximum atomic E-state index is 2.59. The maximum Gasteiger partial charge on any atom is 0.179 e. The van der Waals surface area contributed by atoms with Gasteiger partial charge in [-0.2, -0.15) is 0 Å². The molecule has 0 saturated heterocycles. The van der Waals surface area contributed by atoms with Crippen molar-refractivity contribution >= 4 is 23.6 Å². The number of allylic oxidation sites excluding steroid dienone is 4. The monoisotopic (exact) mass is 582 g/mol. The van der Waals surface area contributed by atoms with E-state index in [-0.39, 0.29) is 10.8 Å². The molecule has 1 aliphatic rings. The van der Waals surface area contributed by atoms with Gasteiger partial charge >= 0.3 is 0 Å². The Morgan fingerprint density at radius 3 is 1.42 bits per heavy atom. The van der Waals surface area contributed by atoms with E-state index >= 15 is 0 Å². The fourth-order valence-corrected chi connectivity index (χ4v) is 12.5. The van der Waals surface area contributed by atoms with Crippen LogP contribution in [0.5, 0.6) is 0 Å². The van der Waals surface area contributed by atoms with E-state index < -0.39 is 8.07 Å². The van der Waals surface area contributed by atoms with Crippen molar-refractivity contribution in [1.82, 2.24) is 0 Å². The number of benzene rings is 4. The summed E-state index contributed by atoms with van der Waals surface area (Å²) in [5.41, 5.74) is 11.2. The average Bonchev–Trinajstić information content (AvgIpc) is 3.36. The Labute approximate surface area is 262 Å². The van der Waals surface area contributed by atoms with Crippen LogP contribution >= 0.6 is 0 Å². The lowest BCUT2D eigenvalue weighted by molar-refractivity contribution is 0.569. The molecule has 0 N–H and O–H groups in total. The van der Waals surface area contributed by atoms with Crippen LogP contribution in [0.15, 0.2) is 108 Å². The van der Waals surface area contributed by atoms with Gasteiger partial charge in [-0.1, -0.05) is 161 Å². The van der Waals surface area contributed by atoms with Crippen LogP contribution in [0.1, 0.15) is 86.9 Å².